The van der Waals surface area contributed by atoms with Crippen molar-refractivity contribution in [1.29, 1.82) is 0 Å². The first kappa shape index (κ1) is 11.9. The number of halogens is 2. The van der Waals surface area contributed by atoms with Crippen molar-refractivity contribution >= 4 is 11.8 Å². The fraction of sp³-hybridized carbons (Fsp3) is 0.111. The van der Waals surface area contributed by atoms with Gasteiger partial charge in [0.05, 0.1) is 5.56 Å². The zero-order valence-electron chi connectivity index (χ0n) is 7.94. The van der Waals surface area contributed by atoms with Gasteiger partial charge < -0.3 is 16.0 Å². The topological polar surface area (TPSA) is 95.9 Å². The number of oxime groups is 1. The van der Waals surface area contributed by atoms with Crippen molar-refractivity contribution in [3.63, 3.8) is 0 Å². The number of carboxylic acids is 1. The van der Waals surface area contributed by atoms with Crippen LogP contribution in [0.1, 0.15) is 15.9 Å². The Bertz CT molecular complexity index is 437. The van der Waals surface area contributed by atoms with Crippen LogP contribution < -0.4 is 5.73 Å². The monoisotopic (exact) mass is 230 g/mol. The van der Waals surface area contributed by atoms with Gasteiger partial charge in [-0.25, -0.2) is 13.6 Å². The molecule has 0 saturated heterocycles. The van der Waals surface area contributed by atoms with Gasteiger partial charge in [-0.1, -0.05) is 5.16 Å². The number of nitrogens with zero attached hydrogens (tertiary/aromatic N) is 1. The number of nitrogens with two attached hydrogens (primary N) is 1. The molecule has 5 nitrogen and oxygen atoms in total. The zero-order valence-corrected chi connectivity index (χ0v) is 7.94. The molecule has 0 amide bonds. The lowest BCUT2D eigenvalue weighted by atomic mass is 10.1. The maximum absolute atomic E-state index is 13.3. The first-order chi connectivity index (χ1) is 7.45. The molecule has 0 unspecified atom stereocenters. The molecule has 0 aliphatic rings. The van der Waals surface area contributed by atoms with Gasteiger partial charge >= 0.3 is 5.97 Å². The molecule has 7 heteroatoms. The van der Waals surface area contributed by atoms with Crippen LogP contribution >= 0.6 is 0 Å². The minimum atomic E-state index is -1.44. The Hall–Kier alpha value is -2.18. The summed E-state index contributed by atoms with van der Waals surface area (Å²) in [7, 11) is 0. The number of hydrogen-bond donors (Lipinski definition) is 3. The summed E-state index contributed by atoms with van der Waals surface area (Å²) in [6.07, 6.45) is -0.436. The Kier molecular flexibility index (Phi) is 3.39. The highest BCUT2D eigenvalue weighted by atomic mass is 19.1. The van der Waals surface area contributed by atoms with Gasteiger partial charge in [0.1, 0.15) is 17.5 Å². The first-order valence-electron chi connectivity index (χ1n) is 4.13. The van der Waals surface area contributed by atoms with E-state index in [0.29, 0.717) is 12.1 Å². The van der Waals surface area contributed by atoms with Crippen LogP contribution in [0.3, 0.4) is 0 Å². The highest BCUT2D eigenvalue weighted by molar-refractivity contribution is 5.88. The van der Waals surface area contributed by atoms with E-state index in [0.717, 1.165) is 0 Å². The van der Waals surface area contributed by atoms with Crippen LogP contribution in [0.2, 0.25) is 0 Å². The van der Waals surface area contributed by atoms with Crippen LogP contribution in [-0.2, 0) is 6.42 Å². The number of rotatable bonds is 3. The lowest BCUT2D eigenvalue weighted by molar-refractivity contribution is 0.0695. The van der Waals surface area contributed by atoms with Gasteiger partial charge in [0, 0.05) is 12.0 Å². The van der Waals surface area contributed by atoms with Gasteiger partial charge in [0.25, 0.3) is 0 Å². The van der Waals surface area contributed by atoms with Crippen LogP contribution in [0.25, 0.3) is 0 Å². The fourth-order valence-corrected chi connectivity index (χ4v) is 1.11. The Balaban J connectivity index is 3.17. The van der Waals surface area contributed by atoms with Crippen LogP contribution in [0.5, 0.6) is 0 Å². The molecule has 86 valence electrons. The quantitative estimate of drug-likeness (QED) is 0.312. The first-order valence-corrected chi connectivity index (χ1v) is 4.13. The van der Waals surface area contributed by atoms with E-state index in [1.807, 2.05) is 0 Å². The van der Waals surface area contributed by atoms with Crippen molar-refractivity contribution in [3.05, 3.63) is 34.9 Å². The van der Waals surface area contributed by atoms with E-state index in [1.54, 1.807) is 0 Å². The molecule has 1 aromatic rings. The maximum Gasteiger partial charge on any atom is 0.335 e. The second-order valence-corrected chi connectivity index (χ2v) is 2.99. The lowest BCUT2D eigenvalue weighted by Crippen LogP contribution is -2.17. The molecular weight excluding hydrogens is 222 g/mol. The van der Waals surface area contributed by atoms with E-state index < -0.39 is 35.2 Å². The Morgan fingerprint density at radius 1 is 1.38 bits per heavy atom. The van der Waals surface area contributed by atoms with Crippen LogP contribution in [0.4, 0.5) is 8.78 Å². The molecule has 0 aliphatic carbocycles. The van der Waals surface area contributed by atoms with Crippen molar-refractivity contribution in [2.45, 2.75) is 6.42 Å². The third-order valence-electron chi connectivity index (χ3n) is 1.87. The van der Waals surface area contributed by atoms with Crippen molar-refractivity contribution in [2.24, 2.45) is 10.9 Å². The van der Waals surface area contributed by atoms with Crippen molar-refractivity contribution in [3.8, 4) is 0 Å². The van der Waals surface area contributed by atoms with E-state index in [9.17, 15) is 13.6 Å². The molecule has 4 N–H and O–H groups in total. The van der Waals surface area contributed by atoms with Crippen molar-refractivity contribution < 1.29 is 23.9 Å². The average molecular weight is 230 g/mol. The molecule has 0 saturated carbocycles. The zero-order chi connectivity index (χ0) is 12.3. The fourth-order valence-electron chi connectivity index (χ4n) is 1.11. The molecule has 0 aliphatic heterocycles. The summed E-state index contributed by atoms with van der Waals surface area (Å²) in [5.74, 6) is -3.91. The van der Waals surface area contributed by atoms with Crippen LogP contribution in [0, 0.1) is 11.6 Å². The third kappa shape index (κ3) is 2.44. The third-order valence-corrected chi connectivity index (χ3v) is 1.87. The standard InChI is InChI=1S/C9H8F2N2O3/c10-6-1-4(9(14)15)2-7(11)5(6)3-8(12)13-16/h1-2,16H,3H2,(H2,12,13)(H,14,15). The Morgan fingerprint density at radius 2 is 1.88 bits per heavy atom. The molecule has 0 heterocycles. The Morgan fingerprint density at radius 3 is 2.25 bits per heavy atom. The van der Waals surface area contributed by atoms with Gasteiger partial charge in [-0.15, -0.1) is 0 Å². The minimum absolute atomic E-state index is 0.374. The number of hydrogen-bond acceptors (Lipinski definition) is 3. The number of amidine groups is 1. The number of carbonyl (C=O) groups is 1. The summed E-state index contributed by atoms with van der Waals surface area (Å²) in [6, 6.07) is 1.34. The highest BCUT2D eigenvalue weighted by Gasteiger charge is 2.15. The summed E-state index contributed by atoms with van der Waals surface area (Å²) in [6.45, 7) is 0. The summed E-state index contributed by atoms with van der Waals surface area (Å²) < 4.78 is 26.5. The van der Waals surface area contributed by atoms with Crippen molar-refractivity contribution in [1.82, 2.24) is 0 Å². The molecule has 0 bridgehead atoms. The minimum Gasteiger partial charge on any atom is -0.478 e. The van der Waals surface area contributed by atoms with E-state index in [-0.39, 0.29) is 5.84 Å². The predicted octanol–water partition coefficient (Wildman–Crippen LogP) is 0.952. The molecule has 1 rings (SSSR count). The smallest absolute Gasteiger partial charge is 0.335 e. The van der Waals surface area contributed by atoms with E-state index >= 15 is 0 Å². The molecular formula is C9H8F2N2O3. The van der Waals surface area contributed by atoms with E-state index in [1.165, 1.54) is 0 Å². The average Bonchev–Trinajstić information content (AvgIpc) is 2.22. The number of aromatic carboxylic acids is 1. The Labute approximate surface area is 88.8 Å². The van der Waals surface area contributed by atoms with Crippen molar-refractivity contribution in [2.75, 3.05) is 0 Å². The molecule has 16 heavy (non-hydrogen) atoms. The molecule has 0 spiro atoms. The largest absolute Gasteiger partial charge is 0.478 e. The SMILES string of the molecule is NC(Cc1c(F)cc(C(=O)O)cc1F)=NO. The van der Waals surface area contributed by atoms with Crippen LogP contribution in [-0.4, -0.2) is 22.1 Å². The second kappa shape index (κ2) is 4.56. The van der Waals surface area contributed by atoms with Gasteiger partial charge in [0.15, 0.2) is 0 Å². The van der Waals surface area contributed by atoms with Gasteiger partial charge in [-0.05, 0) is 12.1 Å². The number of benzene rings is 1. The van der Waals surface area contributed by atoms with Gasteiger partial charge in [-0.3, -0.25) is 0 Å². The van der Waals surface area contributed by atoms with E-state index in [2.05, 4.69) is 5.16 Å². The number of carboxylic acid groups (broad SMARTS) is 1. The molecule has 0 radical (unpaired) electrons. The highest BCUT2D eigenvalue weighted by Crippen LogP contribution is 2.16. The van der Waals surface area contributed by atoms with E-state index in [4.69, 9.17) is 16.0 Å². The van der Waals surface area contributed by atoms with Gasteiger partial charge in [0.2, 0.25) is 0 Å². The van der Waals surface area contributed by atoms with Gasteiger partial charge in [-0.2, -0.15) is 0 Å². The maximum atomic E-state index is 13.3. The summed E-state index contributed by atoms with van der Waals surface area (Å²) in [5, 5.41) is 19.3. The molecule has 0 fully saturated rings. The molecule has 1 aromatic carbocycles. The summed E-state index contributed by atoms with van der Waals surface area (Å²) >= 11 is 0. The normalized spacial score (nSPS) is 11.5. The second-order valence-electron chi connectivity index (χ2n) is 2.99. The molecule has 0 aromatic heterocycles. The summed E-state index contributed by atoms with van der Waals surface area (Å²) in [5.41, 5.74) is 4.15. The lowest BCUT2D eigenvalue weighted by Gasteiger charge is -2.05. The predicted molar refractivity (Wildman–Crippen MR) is 50.4 cm³/mol. The summed E-state index contributed by atoms with van der Waals surface area (Å²) in [4.78, 5) is 10.5. The van der Waals surface area contributed by atoms with Crippen LogP contribution in [0.15, 0.2) is 17.3 Å². The molecule has 0 atom stereocenters.